The fourth-order valence-corrected chi connectivity index (χ4v) is 3.61. The molecule has 2 aromatic heterocycles. The summed E-state index contributed by atoms with van der Waals surface area (Å²) in [6.45, 7) is 6.69. The molecule has 8 heteroatoms. The smallest absolute Gasteiger partial charge is 0.282 e. The van der Waals surface area contributed by atoms with E-state index in [1.807, 2.05) is 19.2 Å². The Morgan fingerprint density at radius 2 is 2.15 bits per heavy atom. The number of halogens is 1. The molecule has 2 heterocycles. The predicted octanol–water partition coefficient (Wildman–Crippen LogP) is 4.49. The Morgan fingerprint density at radius 3 is 2.89 bits per heavy atom. The van der Waals surface area contributed by atoms with Gasteiger partial charge in [-0.15, -0.1) is 11.3 Å². The molecule has 0 aliphatic carbocycles. The van der Waals surface area contributed by atoms with E-state index < -0.39 is 0 Å². The van der Waals surface area contributed by atoms with Crippen LogP contribution in [0.25, 0.3) is 10.2 Å². The van der Waals surface area contributed by atoms with Crippen LogP contribution in [0, 0.1) is 6.92 Å². The van der Waals surface area contributed by atoms with Gasteiger partial charge < -0.3 is 9.47 Å². The third-order valence-corrected chi connectivity index (χ3v) is 4.83. The van der Waals surface area contributed by atoms with Crippen molar-refractivity contribution in [3.05, 3.63) is 50.3 Å². The molecule has 0 fully saturated rings. The van der Waals surface area contributed by atoms with E-state index in [2.05, 4.69) is 10.1 Å². The Morgan fingerprint density at radius 1 is 1.33 bits per heavy atom. The zero-order valence-corrected chi connectivity index (χ0v) is 16.9. The number of rotatable bonds is 7. The van der Waals surface area contributed by atoms with Crippen LogP contribution in [0.2, 0.25) is 5.02 Å². The Labute approximate surface area is 166 Å². The number of ether oxygens (including phenoxy) is 2. The minimum atomic E-state index is -0.200. The summed E-state index contributed by atoms with van der Waals surface area (Å²) >= 11 is 7.80. The van der Waals surface area contributed by atoms with E-state index in [0.717, 1.165) is 6.42 Å². The number of thiophene rings is 1. The van der Waals surface area contributed by atoms with E-state index in [9.17, 15) is 4.79 Å². The van der Waals surface area contributed by atoms with Crippen molar-refractivity contribution in [2.24, 2.45) is 5.10 Å². The molecule has 3 aromatic rings. The molecule has 0 aliphatic heterocycles. The van der Waals surface area contributed by atoms with Gasteiger partial charge >= 0.3 is 0 Å². The quantitative estimate of drug-likeness (QED) is 0.543. The van der Waals surface area contributed by atoms with Gasteiger partial charge in [0.15, 0.2) is 11.5 Å². The molecule has 0 saturated carbocycles. The van der Waals surface area contributed by atoms with E-state index in [0.29, 0.717) is 51.3 Å². The second-order valence-electron chi connectivity index (χ2n) is 5.77. The van der Waals surface area contributed by atoms with Gasteiger partial charge in [-0.05, 0) is 49.4 Å². The standard InChI is InChI=1S/C19H20ClN3O3S/c1-4-7-26-17-15(20)9-13(10-16(17)25-5-2)11-21-23-12(3)22-18-14(19(23)24)6-8-27-18/h6,8-11H,4-5,7H2,1-3H3. The minimum absolute atomic E-state index is 0.200. The van der Waals surface area contributed by atoms with Gasteiger partial charge in [-0.3, -0.25) is 4.79 Å². The van der Waals surface area contributed by atoms with Gasteiger partial charge in [0.05, 0.1) is 29.8 Å². The van der Waals surface area contributed by atoms with E-state index >= 15 is 0 Å². The topological polar surface area (TPSA) is 65.7 Å². The molecule has 3 rings (SSSR count). The first-order chi connectivity index (χ1) is 13.0. The average molecular weight is 406 g/mol. The number of hydrogen-bond donors (Lipinski definition) is 0. The maximum Gasteiger partial charge on any atom is 0.282 e. The van der Waals surface area contributed by atoms with Crippen molar-refractivity contribution in [1.82, 2.24) is 9.66 Å². The molecule has 6 nitrogen and oxygen atoms in total. The summed E-state index contributed by atoms with van der Waals surface area (Å²) in [5, 5.41) is 7.14. The third-order valence-electron chi connectivity index (χ3n) is 3.74. The van der Waals surface area contributed by atoms with Crippen molar-refractivity contribution in [2.75, 3.05) is 13.2 Å². The van der Waals surface area contributed by atoms with Crippen molar-refractivity contribution in [1.29, 1.82) is 0 Å². The molecule has 0 saturated heterocycles. The average Bonchev–Trinajstić information content (AvgIpc) is 3.09. The molecule has 27 heavy (non-hydrogen) atoms. The van der Waals surface area contributed by atoms with Crippen molar-refractivity contribution < 1.29 is 9.47 Å². The number of hydrogen-bond acceptors (Lipinski definition) is 6. The molecule has 1 aromatic carbocycles. The lowest BCUT2D eigenvalue weighted by atomic mass is 10.2. The molecule has 0 aliphatic rings. The summed E-state index contributed by atoms with van der Waals surface area (Å²) in [4.78, 5) is 17.7. The van der Waals surface area contributed by atoms with Crippen LogP contribution >= 0.6 is 22.9 Å². The highest BCUT2D eigenvalue weighted by Gasteiger charge is 2.12. The largest absolute Gasteiger partial charge is 0.490 e. The summed E-state index contributed by atoms with van der Waals surface area (Å²) in [6.07, 6.45) is 2.43. The first-order valence-electron chi connectivity index (χ1n) is 8.65. The lowest BCUT2D eigenvalue weighted by molar-refractivity contribution is 0.277. The Balaban J connectivity index is 1.99. The van der Waals surface area contributed by atoms with Gasteiger partial charge in [0.1, 0.15) is 10.7 Å². The molecular formula is C19H20ClN3O3S. The minimum Gasteiger partial charge on any atom is -0.490 e. The van der Waals surface area contributed by atoms with Crippen molar-refractivity contribution >= 4 is 39.4 Å². The highest BCUT2D eigenvalue weighted by molar-refractivity contribution is 7.16. The molecule has 0 N–H and O–H groups in total. The van der Waals surface area contributed by atoms with Gasteiger partial charge in [-0.25, -0.2) is 4.98 Å². The predicted molar refractivity (Wildman–Crippen MR) is 110 cm³/mol. The van der Waals surface area contributed by atoms with Gasteiger partial charge in [-0.2, -0.15) is 9.78 Å². The molecule has 0 radical (unpaired) electrons. The first-order valence-corrected chi connectivity index (χ1v) is 9.91. The molecule has 0 amide bonds. The zero-order chi connectivity index (χ0) is 19.4. The SMILES string of the molecule is CCCOc1c(Cl)cc(C=Nn2c(C)nc3sccc3c2=O)cc1OCC. The highest BCUT2D eigenvalue weighted by Crippen LogP contribution is 2.36. The lowest BCUT2D eigenvalue weighted by Gasteiger charge is -2.13. The second-order valence-corrected chi connectivity index (χ2v) is 7.07. The van der Waals surface area contributed by atoms with Gasteiger partial charge in [0.25, 0.3) is 5.56 Å². The molecular weight excluding hydrogens is 386 g/mol. The van der Waals surface area contributed by atoms with Crippen molar-refractivity contribution in [2.45, 2.75) is 27.2 Å². The molecule has 142 valence electrons. The van der Waals surface area contributed by atoms with Gasteiger partial charge in [-0.1, -0.05) is 18.5 Å². The van der Waals surface area contributed by atoms with Crippen LogP contribution in [0.1, 0.15) is 31.7 Å². The number of fused-ring (bicyclic) bond motifs is 1. The summed E-state index contributed by atoms with van der Waals surface area (Å²) < 4.78 is 12.6. The van der Waals surface area contributed by atoms with Gasteiger partial charge in [0.2, 0.25) is 0 Å². The second kappa shape index (κ2) is 8.54. The number of aromatic nitrogens is 2. The van der Waals surface area contributed by atoms with Crippen LogP contribution in [0.4, 0.5) is 0 Å². The summed E-state index contributed by atoms with van der Waals surface area (Å²) in [6, 6.07) is 5.28. The van der Waals surface area contributed by atoms with E-state index in [4.69, 9.17) is 21.1 Å². The number of aryl methyl sites for hydroxylation is 1. The number of benzene rings is 1. The van der Waals surface area contributed by atoms with E-state index in [-0.39, 0.29) is 5.56 Å². The van der Waals surface area contributed by atoms with Crippen molar-refractivity contribution in [3.63, 3.8) is 0 Å². The molecule has 0 spiro atoms. The zero-order valence-electron chi connectivity index (χ0n) is 15.4. The Hall–Kier alpha value is -2.38. The van der Waals surface area contributed by atoms with Crippen LogP contribution in [0.3, 0.4) is 0 Å². The van der Waals surface area contributed by atoms with Crippen LogP contribution in [0.15, 0.2) is 33.5 Å². The summed E-state index contributed by atoms with van der Waals surface area (Å²) in [7, 11) is 0. The first kappa shape index (κ1) is 19.4. The maximum absolute atomic E-state index is 12.6. The normalized spacial score (nSPS) is 11.4. The van der Waals surface area contributed by atoms with Crippen LogP contribution in [-0.2, 0) is 0 Å². The maximum atomic E-state index is 12.6. The Kier molecular flexibility index (Phi) is 6.13. The Bertz CT molecular complexity index is 1040. The summed E-state index contributed by atoms with van der Waals surface area (Å²) in [5.41, 5.74) is 0.498. The van der Waals surface area contributed by atoms with Crippen LogP contribution in [0.5, 0.6) is 11.5 Å². The monoisotopic (exact) mass is 405 g/mol. The van der Waals surface area contributed by atoms with E-state index in [1.165, 1.54) is 16.0 Å². The van der Waals surface area contributed by atoms with Crippen LogP contribution in [-0.4, -0.2) is 29.1 Å². The van der Waals surface area contributed by atoms with E-state index in [1.54, 1.807) is 31.3 Å². The van der Waals surface area contributed by atoms with Crippen LogP contribution < -0.4 is 15.0 Å². The lowest BCUT2D eigenvalue weighted by Crippen LogP contribution is -2.19. The molecule has 0 atom stereocenters. The fraction of sp³-hybridized carbons (Fsp3) is 0.316. The van der Waals surface area contributed by atoms with Gasteiger partial charge in [0, 0.05) is 0 Å². The fourth-order valence-electron chi connectivity index (χ4n) is 2.54. The third kappa shape index (κ3) is 4.14. The summed E-state index contributed by atoms with van der Waals surface area (Å²) in [5.74, 6) is 1.59. The number of nitrogens with zero attached hydrogens (tertiary/aromatic N) is 3. The van der Waals surface area contributed by atoms with Crippen molar-refractivity contribution in [3.8, 4) is 11.5 Å². The highest BCUT2D eigenvalue weighted by atomic mass is 35.5. The molecule has 0 unspecified atom stereocenters. The molecule has 0 bridgehead atoms.